The van der Waals surface area contributed by atoms with Gasteiger partial charge in [0.25, 0.3) is 0 Å². The van der Waals surface area contributed by atoms with Crippen LogP contribution in [0.3, 0.4) is 0 Å². The second kappa shape index (κ2) is 9.41. The lowest BCUT2D eigenvalue weighted by Crippen LogP contribution is -2.40. The number of aryl methyl sites for hydroxylation is 2. The lowest BCUT2D eigenvalue weighted by atomic mass is 9.88. The highest BCUT2D eigenvalue weighted by molar-refractivity contribution is 7.12. The Labute approximate surface area is 184 Å². The lowest BCUT2D eigenvalue weighted by Gasteiger charge is -2.31. The minimum atomic E-state index is -0.130. The molecule has 154 valence electrons. The van der Waals surface area contributed by atoms with Crippen LogP contribution in [0.25, 0.3) is 0 Å². The van der Waals surface area contributed by atoms with E-state index < -0.39 is 0 Å². The summed E-state index contributed by atoms with van der Waals surface area (Å²) in [5, 5.41) is 0.789. The molecule has 0 atom stereocenters. The number of amides is 1. The molecule has 0 aliphatic carbocycles. The Morgan fingerprint density at radius 2 is 1.72 bits per heavy atom. The van der Waals surface area contributed by atoms with Gasteiger partial charge < -0.3 is 4.90 Å². The Kier molecular flexibility index (Phi) is 7.14. The topological polar surface area (TPSA) is 54.5 Å². The van der Waals surface area contributed by atoms with Crippen LogP contribution in [0, 0.1) is 19.8 Å². The van der Waals surface area contributed by atoms with Gasteiger partial charge in [-0.05, 0) is 51.0 Å². The first-order valence-electron chi connectivity index (χ1n) is 9.63. The van der Waals surface area contributed by atoms with Gasteiger partial charge in [0.2, 0.25) is 5.91 Å². The zero-order valence-electron chi connectivity index (χ0n) is 16.5. The first-order valence-corrected chi connectivity index (χ1v) is 11.2. The van der Waals surface area contributed by atoms with Gasteiger partial charge in [-0.3, -0.25) is 14.4 Å². The summed E-state index contributed by atoms with van der Waals surface area (Å²) in [6, 6.07) is 6.81. The number of carbonyl (C=O) groups excluding carboxylic acids is 3. The van der Waals surface area contributed by atoms with Crippen LogP contribution < -0.4 is 0 Å². The summed E-state index contributed by atoms with van der Waals surface area (Å²) >= 11 is 13.5. The van der Waals surface area contributed by atoms with Crippen molar-refractivity contribution in [2.75, 3.05) is 13.1 Å². The van der Waals surface area contributed by atoms with Gasteiger partial charge >= 0.3 is 0 Å². The van der Waals surface area contributed by atoms with E-state index in [0.29, 0.717) is 41.5 Å². The summed E-state index contributed by atoms with van der Waals surface area (Å²) < 4.78 is 0. The number of piperidine rings is 1. The molecule has 0 saturated carbocycles. The summed E-state index contributed by atoms with van der Waals surface area (Å²) in [5.74, 6) is -0.100. The predicted molar refractivity (Wildman–Crippen MR) is 117 cm³/mol. The number of halogens is 2. The number of nitrogens with zero attached hydrogens (tertiary/aromatic N) is 1. The molecule has 7 heteroatoms. The molecule has 1 saturated heterocycles. The standard InChI is InChI=1S/C22H23Cl2NO3S/c1-13-11-17(14(2)29-13)20(26)5-6-21(27)25-9-7-15(8-10-25)22(28)16-3-4-18(23)19(24)12-16/h3-4,11-12,15H,5-10H2,1-2H3. The summed E-state index contributed by atoms with van der Waals surface area (Å²) in [6.07, 6.45) is 1.65. The summed E-state index contributed by atoms with van der Waals surface area (Å²) in [5.41, 5.74) is 1.28. The molecule has 1 aliphatic rings. The molecule has 0 radical (unpaired) electrons. The molecule has 29 heavy (non-hydrogen) atoms. The van der Waals surface area contributed by atoms with Crippen molar-refractivity contribution in [3.63, 3.8) is 0 Å². The lowest BCUT2D eigenvalue weighted by molar-refractivity contribution is -0.132. The maximum atomic E-state index is 12.7. The number of carbonyl (C=O) groups is 3. The summed E-state index contributed by atoms with van der Waals surface area (Å²) in [6.45, 7) is 4.97. The fourth-order valence-electron chi connectivity index (χ4n) is 3.70. The molecule has 1 fully saturated rings. The number of hydrogen-bond acceptors (Lipinski definition) is 4. The number of Topliss-reactive ketones (excluding diaryl/α,β-unsaturated/α-hetero) is 2. The second-order valence-corrected chi connectivity index (χ2v) is 9.67. The van der Waals surface area contributed by atoms with Gasteiger partial charge in [0.1, 0.15) is 0 Å². The maximum absolute atomic E-state index is 12.7. The van der Waals surface area contributed by atoms with Crippen molar-refractivity contribution in [3.05, 3.63) is 55.2 Å². The average Bonchev–Trinajstić information content (AvgIpc) is 3.05. The van der Waals surface area contributed by atoms with Gasteiger partial charge in [-0.2, -0.15) is 0 Å². The average molecular weight is 452 g/mol. The molecular formula is C22H23Cl2NO3S. The molecule has 2 heterocycles. The Hall–Kier alpha value is -1.69. The molecule has 1 aliphatic heterocycles. The Bertz CT molecular complexity index is 946. The molecule has 0 spiro atoms. The molecule has 2 aromatic rings. The molecular weight excluding hydrogens is 429 g/mol. The van der Waals surface area contributed by atoms with Gasteiger partial charge in [0, 0.05) is 52.7 Å². The molecule has 1 amide bonds. The number of ketones is 2. The number of benzene rings is 1. The van der Waals surface area contributed by atoms with E-state index in [1.165, 1.54) is 0 Å². The van der Waals surface area contributed by atoms with E-state index in [-0.39, 0.29) is 36.2 Å². The highest BCUT2D eigenvalue weighted by atomic mass is 35.5. The number of thiophene rings is 1. The fourth-order valence-corrected chi connectivity index (χ4v) is 4.94. The van der Waals surface area contributed by atoms with Crippen LogP contribution in [0.15, 0.2) is 24.3 Å². The molecule has 1 aromatic carbocycles. The molecule has 0 bridgehead atoms. The van der Waals surface area contributed by atoms with E-state index in [9.17, 15) is 14.4 Å². The van der Waals surface area contributed by atoms with Crippen molar-refractivity contribution in [2.24, 2.45) is 5.92 Å². The highest BCUT2D eigenvalue weighted by Gasteiger charge is 2.28. The summed E-state index contributed by atoms with van der Waals surface area (Å²) in [4.78, 5) is 41.5. The van der Waals surface area contributed by atoms with Crippen LogP contribution in [0.4, 0.5) is 0 Å². The first-order chi connectivity index (χ1) is 13.8. The zero-order valence-corrected chi connectivity index (χ0v) is 18.8. The van der Waals surface area contributed by atoms with Gasteiger partial charge in [-0.15, -0.1) is 11.3 Å². The van der Waals surface area contributed by atoms with Crippen LogP contribution in [0.5, 0.6) is 0 Å². The highest BCUT2D eigenvalue weighted by Crippen LogP contribution is 2.27. The second-order valence-electron chi connectivity index (χ2n) is 7.40. The minimum Gasteiger partial charge on any atom is -0.343 e. The van der Waals surface area contributed by atoms with E-state index >= 15 is 0 Å². The van der Waals surface area contributed by atoms with Crippen molar-refractivity contribution in [3.8, 4) is 0 Å². The normalized spacial score (nSPS) is 14.8. The third-order valence-electron chi connectivity index (χ3n) is 5.33. The number of rotatable bonds is 6. The largest absolute Gasteiger partial charge is 0.343 e. The molecule has 3 rings (SSSR count). The Morgan fingerprint density at radius 3 is 2.31 bits per heavy atom. The van der Waals surface area contributed by atoms with Gasteiger partial charge in [-0.1, -0.05) is 23.2 Å². The van der Waals surface area contributed by atoms with Crippen molar-refractivity contribution < 1.29 is 14.4 Å². The molecule has 1 aromatic heterocycles. The Morgan fingerprint density at radius 1 is 1.03 bits per heavy atom. The van der Waals surface area contributed by atoms with Gasteiger partial charge in [0.15, 0.2) is 11.6 Å². The molecule has 0 unspecified atom stereocenters. The van der Waals surface area contributed by atoms with E-state index in [1.54, 1.807) is 34.4 Å². The van der Waals surface area contributed by atoms with Crippen molar-refractivity contribution in [1.29, 1.82) is 0 Å². The number of hydrogen-bond donors (Lipinski definition) is 0. The van der Waals surface area contributed by atoms with Crippen LogP contribution in [0.2, 0.25) is 10.0 Å². The van der Waals surface area contributed by atoms with E-state index in [0.717, 1.165) is 15.3 Å². The quantitative estimate of drug-likeness (QED) is 0.524. The summed E-state index contributed by atoms with van der Waals surface area (Å²) in [7, 11) is 0. The first kappa shape index (κ1) is 22.0. The SMILES string of the molecule is Cc1cc(C(=O)CCC(=O)N2CCC(C(=O)c3ccc(Cl)c(Cl)c3)CC2)c(C)s1. The maximum Gasteiger partial charge on any atom is 0.223 e. The minimum absolute atomic E-state index is 0.0184. The zero-order chi connectivity index (χ0) is 21.1. The third-order valence-corrected chi connectivity index (χ3v) is 7.03. The van der Waals surface area contributed by atoms with Crippen molar-refractivity contribution >= 4 is 52.0 Å². The van der Waals surface area contributed by atoms with E-state index in [1.807, 2.05) is 19.9 Å². The van der Waals surface area contributed by atoms with Crippen molar-refractivity contribution in [1.82, 2.24) is 4.90 Å². The fraction of sp³-hybridized carbons (Fsp3) is 0.409. The molecule has 0 N–H and O–H groups in total. The van der Waals surface area contributed by atoms with Crippen LogP contribution in [-0.2, 0) is 4.79 Å². The van der Waals surface area contributed by atoms with Gasteiger partial charge in [-0.25, -0.2) is 0 Å². The van der Waals surface area contributed by atoms with Crippen LogP contribution in [-0.4, -0.2) is 35.5 Å². The van der Waals surface area contributed by atoms with E-state index in [2.05, 4.69) is 0 Å². The smallest absolute Gasteiger partial charge is 0.223 e. The van der Waals surface area contributed by atoms with E-state index in [4.69, 9.17) is 23.2 Å². The molecule has 4 nitrogen and oxygen atoms in total. The van der Waals surface area contributed by atoms with Crippen LogP contribution >= 0.6 is 34.5 Å². The number of likely N-dealkylation sites (tertiary alicyclic amines) is 1. The Balaban J connectivity index is 1.50. The van der Waals surface area contributed by atoms with Crippen LogP contribution in [0.1, 0.15) is 56.2 Å². The van der Waals surface area contributed by atoms with Crippen molar-refractivity contribution in [2.45, 2.75) is 39.5 Å². The monoisotopic (exact) mass is 451 g/mol. The van der Waals surface area contributed by atoms with Gasteiger partial charge in [0.05, 0.1) is 10.0 Å². The predicted octanol–water partition coefficient (Wildman–Crippen LogP) is 5.76. The third kappa shape index (κ3) is 5.27.